The lowest BCUT2D eigenvalue weighted by Crippen LogP contribution is -2.46. The normalized spacial score (nSPS) is 20.7. The molecule has 2 rings (SSSR count). The molecule has 5 heteroatoms. The highest BCUT2D eigenvalue weighted by Gasteiger charge is 2.33. The topological polar surface area (TPSA) is 58.4 Å². The van der Waals surface area contributed by atoms with Crippen LogP contribution in [-0.4, -0.2) is 29.4 Å². The monoisotopic (exact) mass is 309 g/mol. The van der Waals surface area contributed by atoms with Crippen molar-refractivity contribution in [3.8, 4) is 0 Å². The van der Waals surface area contributed by atoms with Crippen LogP contribution in [0.4, 0.5) is 11.4 Å². The number of rotatable bonds is 4. The fourth-order valence-corrected chi connectivity index (χ4v) is 3.15. The summed E-state index contributed by atoms with van der Waals surface area (Å²) in [4.78, 5) is 14.7. The molecule has 1 heterocycles. The molecule has 21 heavy (non-hydrogen) atoms. The number of likely N-dealkylation sites (tertiary alicyclic amines) is 1. The summed E-state index contributed by atoms with van der Waals surface area (Å²) in [5.41, 5.74) is 6.93. The molecule has 1 amide bonds. The van der Waals surface area contributed by atoms with Gasteiger partial charge >= 0.3 is 0 Å². The van der Waals surface area contributed by atoms with Crippen LogP contribution in [0, 0.1) is 5.92 Å². The van der Waals surface area contributed by atoms with Crippen LogP contribution in [0.1, 0.15) is 33.6 Å². The summed E-state index contributed by atoms with van der Waals surface area (Å²) in [6.07, 6.45) is 2.33. The van der Waals surface area contributed by atoms with Crippen molar-refractivity contribution in [1.29, 1.82) is 0 Å². The van der Waals surface area contributed by atoms with E-state index in [1.54, 1.807) is 18.2 Å². The van der Waals surface area contributed by atoms with Crippen LogP contribution in [0.3, 0.4) is 0 Å². The minimum Gasteiger partial charge on any atom is -0.397 e. The number of nitrogen functional groups attached to an aromatic ring is 1. The second-order valence-electron chi connectivity index (χ2n) is 6.09. The standard InChI is InChI=1S/C16H24ClN3O/c1-10(2)15-5-4-8-20(15)11(3)16(21)19-12-6-7-13(17)14(18)9-12/h6-7,9-11,15H,4-5,8,18H2,1-3H3,(H,19,21). The fraction of sp³-hybridized carbons (Fsp3) is 0.562. The molecule has 2 unspecified atom stereocenters. The molecule has 1 fully saturated rings. The first-order valence-corrected chi connectivity index (χ1v) is 7.89. The Hall–Kier alpha value is -1.26. The van der Waals surface area contributed by atoms with Crippen LogP contribution in [0.2, 0.25) is 5.02 Å². The van der Waals surface area contributed by atoms with Crippen molar-refractivity contribution in [3.63, 3.8) is 0 Å². The van der Waals surface area contributed by atoms with Gasteiger partial charge in [-0.1, -0.05) is 25.4 Å². The van der Waals surface area contributed by atoms with E-state index < -0.39 is 0 Å². The second-order valence-corrected chi connectivity index (χ2v) is 6.50. The summed E-state index contributed by atoms with van der Waals surface area (Å²) in [6, 6.07) is 5.51. The van der Waals surface area contributed by atoms with Gasteiger partial charge in [0.2, 0.25) is 5.91 Å². The minimum absolute atomic E-state index is 0.00396. The van der Waals surface area contributed by atoms with E-state index in [4.69, 9.17) is 17.3 Å². The SMILES string of the molecule is CC(C)C1CCCN1C(C)C(=O)Nc1ccc(Cl)c(N)c1. The smallest absolute Gasteiger partial charge is 0.241 e. The quantitative estimate of drug-likeness (QED) is 0.838. The van der Waals surface area contributed by atoms with Gasteiger partial charge in [-0.05, 0) is 50.4 Å². The van der Waals surface area contributed by atoms with Gasteiger partial charge in [-0.2, -0.15) is 0 Å². The lowest BCUT2D eigenvalue weighted by atomic mass is 10.0. The number of nitrogens with zero attached hydrogens (tertiary/aromatic N) is 1. The van der Waals surface area contributed by atoms with Gasteiger partial charge in [-0.3, -0.25) is 9.69 Å². The molecule has 2 atom stereocenters. The third kappa shape index (κ3) is 3.69. The molecule has 1 aromatic carbocycles. The number of carbonyl (C=O) groups is 1. The van der Waals surface area contributed by atoms with Gasteiger partial charge in [-0.15, -0.1) is 0 Å². The molecule has 4 nitrogen and oxygen atoms in total. The van der Waals surface area contributed by atoms with E-state index in [-0.39, 0.29) is 11.9 Å². The van der Waals surface area contributed by atoms with Crippen molar-refractivity contribution in [3.05, 3.63) is 23.2 Å². The second kappa shape index (κ2) is 6.67. The molecule has 0 saturated carbocycles. The zero-order valence-corrected chi connectivity index (χ0v) is 13.7. The number of anilines is 2. The van der Waals surface area contributed by atoms with Gasteiger partial charge in [0.25, 0.3) is 0 Å². The largest absolute Gasteiger partial charge is 0.397 e. The summed E-state index contributed by atoms with van der Waals surface area (Å²) < 4.78 is 0. The van der Waals surface area contributed by atoms with E-state index in [1.165, 1.54) is 6.42 Å². The van der Waals surface area contributed by atoms with Crippen LogP contribution in [-0.2, 0) is 4.79 Å². The molecule has 1 aromatic rings. The summed E-state index contributed by atoms with van der Waals surface area (Å²) in [5, 5.41) is 3.43. The van der Waals surface area contributed by atoms with Crippen molar-refractivity contribution >= 4 is 28.9 Å². The Balaban J connectivity index is 2.03. The first kappa shape index (κ1) is 16.1. The average Bonchev–Trinajstić information content (AvgIpc) is 2.91. The average molecular weight is 310 g/mol. The Labute approximate surface area is 131 Å². The molecule has 116 valence electrons. The molecule has 0 spiro atoms. The maximum Gasteiger partial charge on any atom is 0.241 e. The minimum atomic E-state index is -0.142. The molecular formula is C16H24ClN3O. The molecule has 0 aromatic heterocycles. The van der Waals surface area contributed by atoms with E-state index in [1.807, 2.05) is 6.92 Å². The van der Waals surface area contributed by atoms with Crippen LogP contribution in [0.15, 0.2) is 18.2 Å². The first-order valence-electron chi connectivity index (χ1n) is 7.51. The maximum atomic E-state index is 12.4. The number of hydrogen-bond acceptors (Lipinski definition) is 3. The number of carbonyl (C=O) groups excluding carboxylic acids is 1. The molecule has 1 aliphatic heterocycles. The molecule has 3 N–H and O–H groups in total. The molecule has 0 radical (unpaired) electrons. The van der Waals surface area contributed by atoms with Crippen molar-refractivity contribution in [2.75, 3.05) is 17.6 Å². The Bertz CT molecular complexity index is 518. The van der Waals surface area contributed by atoms with Gasteiger partial charge in [-0.25, -0.2) is 0 Å². The van der Waals surface area contributed by atoms with Gasteiger partial charge < -0.3 is 11.1 Å². The van der Waals surface area contributed by atoms with Crippen molar-refractivity contribution in [1.82, 2.24) is 4.90 Å². The lowest BCUT2D eigenvalue weighted by molar-refractivity contribution is -0.121. The highest BCUT2D eigenvalue weighted by molar-refractivity contribution is 6.33. The van der Waals surface area contributed by atoms with Crippen LogP contribution in [0.5, 0.6) is 0 Å². The number of nitrogens with one attached hydrogen (secondary N) is 1. The summed E-state index contributed by atoms with van der Waals surface area (Å²) in [6.45, 7) is 7.39. The summed E-state index contributed by atoms with van der Waals surface area (Å²) >= 11 is 5.89. The lowest BCUT2D eigenvalue weighted by Gasteiger charge is -2.32. The molecule has 0 aliphatic carbocycles. The van der Waals surface area contributed by atoms with Crippen molar-refractivity contribution in [2.24, 2.45) is 5.92 Å². The Morgan fingerprint density at radius 1 is 1.43 bits per heavy atom. The highest BCUT2D eigenvalue weighted by atomic mass is 35.5. The predicted octanol–water partition coefficient (Wildman–Crippen LogP) is 3.37. The number of halogens is 1. The zero-order valence-electron chi connectivity index (χ0n) is 12.9. The van der Waals surface area contributed by atoms with Crippen LogP contribution >= 0.6 is 11.6 Å². The fourth-order valence-electron chi connectivity index (χ4n) is 3.03. The van der Waals surface area contributed by atoms with Crippen LogP contribution in [0.25, 0.3) is 0 Å². The molecular weight excluding hydrogens is 286 g/mol. The number of hydrogen-bond donors (Lipinski definition) is 2. The van der Waals surface area contributed by atoms with E-state index in [0.29, 0.717) is 28.4 Å². The summed E-state index contributed by atoms with van der Waals surface area (Å²) in [7, 11) is 0. The molecule has 1 aliphatic rings. The van der Waals surface area contributed by atoms with Gasteiger partial charge in [0.1, 0.15) is 0 Å². The number of amides is 1. The highest BCUT2D eigenvalue weighted by Crippen LogP contribution is 2.27. The third-order valence-corrected chi connectivity index (χ3v) is 4.60. The predicted molar refractivity (Wildman–Crippen MR) is 88.5 cm³/mol. The van der Waals surface area contributed by atoms with E-state index in [2.05, 4.69) is 24.1 Å². The van der Waals surface area contributed by atoms with Gasteiger partial charge in [0.15, 0.2) is 0 Å². The number of benzene rings is 1. The van der Waals surface area contributed by atoms with E-state index in [0.717, 1.165) is 13.0 Å². The van der Waals surface area contributed by atoms with E-state index in [9.17, 15) is 4.79 Å². The number of nitrogens with two attached hydrogens (primary N) is 1. The first-order chi connectivity index (χ1) is 9.90. The molecule has 0 bridgehead atoms. The third-order valence-electron chi connectivity index (χ3n) is 4.25. The maximum absolute atomic E-state index is 12.4. The molecule has 1 saturated heterocycles. The zero-order chi connectivity index (χ0) is 15.6. The van der Waals surface area contributed by atoms with Gasteiger partial charge in [0, 0.05) is 11.7 Å². The van der Waals surface area contributed by atoms with Crippen molar-refractivity contribution in [2.45, 2.75) is 45.7 Å². The Morgan fingerprint density at radius 3 is 2.76 bits per heavy atom. The van der Waals surface area contributed by atoms with Crippen molar-refractivity contribution < 1.29 is 4.79 Å². The van der Waals surface area contributed by atoms with Crippen LogP contribution < -0.4 is 11.1 Å². The Kier molecular flexibility index (Phi) is 5.12. The summed E-state index contributed by atoms with van der Waals surface area (Å²) in [5.74, 6) is 0.568. The van der Waals surface area contributed by atoms with Gasteiger partial charge in [0.05, 0.1) is 16.8 Å². The Morgan fingerprint density at radius 2 is 2.14 bits per heavy atom. The van der Waals surface area contributed by atoms with E-state index >= 15 is 0 Å².